The summed E-state index contributed by atoms with van der Waals surface area (Å²) in [6.45, 7) is 2.35. The number of fused-ring (bicyclic) bond motifs is 1. The van der Waals surface area contributed by atoms with Crippen LogP contribution in [0.25, 0.3) is 10.8 Å². The van der Waals surface area contributed by atoms with Gasteiger partial charge in [0.2, 0.25) is 0 Å². The molecule has 1 fully saturated rings. The number of alkyl halides is 5. The maximum Gasteiger partial charge on any atom is 0.458 e. The van der Waals surface area contributed by atoms with Crippen molar-refractivity contribution in [3.8, 4) is 17.6 Å². The lowest BCUT2D eigenvalue weighted by atomic mass is 10.1. The van der Waals surface area contributed by atoms with Gasteiger partial charge >= 0.3 is 12.3 Å². The lowest BCUT2D eigenvalue weighted by Crippen LogP contribution is -2.47. The Kier molecular flexibility index (Phi) is 6.30. The van der Waals surface area contributed by atoms with E-state index in [1.54, 1.807) is 0 Å². The monoisotopic (exact) mass is 414 g/mol. The molecule has 0 spiro atoms. The van der Waals surface area contributed by atoms with Crippen LogP contribution < -0.4 is 4.74 Å². The highest BCUT2D eigenvalue weighted by Gasteiger charge is 2.47. The first-order valence-corrected chi connectivity index (χ1v) is 9.10. The molecule has 8 heteroatoms. The molecule has 156 valence electrons. The molecular weight excluding hydrogens is 395 g/mol. The summed E-state index contributed by atoms with van der Waals surface area (Å²) < 4.78 is 80.4. The van der Waals surface area contributed by atoms with Crippen LogP contribution in [0, 0.1) is 17.8 Å². The highest BCUT2D eigenvalue weighted by Crippen LogP contribution is 2.32. The number of benzene rings is 2. The van der Waals surface area contributed by atoms with E-state index in [1.165, 1.54) is 42.3 Å². The predicted octanol–water partition coefficient (Wildman–Crippen LogP) is 5.51. The fourth-order valence-electron chi connectivity index (χ4n) is 3.03. The van der Waals surface area contributed by atoms with Gasteiger partial charge in [-0.05, 0) is 41.5 Å². The molecule has 1 saturated heterocycles. The fraction of sp³-hybridized carbons (Fsp3) is 0.429. The summed E-state index contributed by atoms with van der Waals surface area (Å²) in [5.41, 5.74) is 0.166. The van der Waals surface area contributed by atoms with Crippen molar-refractivity contribution in [1.29, 1.82) is 0 Å². The molecule has 3 nitrogen and oxygen atoms in total. The van der Waals surface area contributed by atoms with Gasteiger partial charge in [-0.25, -0.2) is 0 Å². The first-order valence-electron chi connectivity index (χ1n) is 9.10. The minimum atomic E-state index is -4.59. The minimum absolute atomic E-state index is 0.0855. The standard InChI is InChI=1S/C21H19F5O3/c1-2-3-15-12-27-19(28-13-15)21(25,26)29-18-7-6-16-10-14(4-5-17(16)11-18)8-9-20(22,23)24/h4-7,10-11,15,19H,2-3,12-13H2,1H3. The maximum atomic E-state index is 14.4. The van der Waals surface area contributed by atoms with Gasteiger partial charge < -0.3 is 14.2 Å². The molecule has 1 heterocycles. The number of halogens is 5. The fourth-order valence-corrected chi connectivity index (χ4v) is 3.03. The first-order chi connectivity index (χ1) is 13.7. The third-order valence-corrected chi connectivity index (χ3v) is 4.35. The number of rotatable bonds is 5. The molecule has 2 aromatic rings. The van der Waals surface area contributed by atoms with Crippen molar-refractivity contribution in [2.45, 2.75) is 38.3 Å². The van der Waals surface area contributed by atoms with E-state index in [9.17, 15) is 22.0 Å². The van der Waals surface area contributed by atoms with E-state index in [1.807, 2.05) is 12.8 Å². The van der Waals surface area contributed by atoms with Crippen LogP contribution in [0.5, 0.6) is 5.75 Å². The van der Waals surface area contributed by atoms with Crippen LogP contribution in [0.1, 0.15) is 25.3 Å². The van der Waals surface area contributed by atoms with Gasteiger partial charge in [0.25, 0.3) is 6.29 Å². The zero-order valence-corrected chi connectivity index (χ0v) is 15.6. The predicted molar refractivity (Wildman–Crippen MR) is 96.5 cm³/mol. The topological polar surface area (TPSA) is 27.7 Å². The number of hydrogen-bond acceptors (Lipinski definition) is 3. The van der Waals surface area contributed by atoms with Crippen LogP contribution in [-0.4, -0.2) is 31.8 Å². The van der Waals surface area contributed by atoms with E-state index in [0.29, 0.717) is 10.8 Å². The third-order valence-electron chi connectivity index (χ3n) is 4.35. The zero-order valence-electron chi connectivity index (χ0n) is 15.6. The number of hydrogen-bond donors (Lipinski definition) is 0. The van der Waals surface area contributed by atoms with E-state index in [-0.39, 0.29) is 30.4 Å². The molecule has 1 aliphatic rings. The van der Waals surface area contributed by atoms with Gasteiger partial charge in [-0.2, -0.15) is 22.0 Å². The van der Waals surface area contributed by atoms with Gasteiger partial charge in [0, 0.05) is 17.4 Å². The first kappa shape index (κ1) is 21.3. The Morgan fingerprint density at radius 1 is 1.00 bits per heavy atom. The molecule has 0 saturated carbocycles. The third kappa shape index (κ3) is 5.81. The quantitative estimate of drug-likeness (QED) is 0.477. The van der Waals surface area contributed by atoms with Gasteiger partial charge in [-0.1, -0.05) is 31.4 Å². The minimum Gasteiger partial charge on any atom is -0.429 e. The Labute approximate surface area is 164 Å². The van der Waals surface area contributed by atoms with E-state index >= 15 is 0 Å². The molecule has 3 rings (SSSR count). The molecule has 29 heavy (non-hydrogen) atoms. The SMILES string of the molecule is CCCC1COC(C(F)(F)Oc2ccc3cc(C#CC(F)(F)F)ccc3c2)OC1. The van der Waals surface area contributed by atoms with Gasteiger partial charge in [-0.3, -0.25) is 0 Å². The second-order valence-electron chi connectivity index (χ2n) is 6.79. The van der Waals surface area contributed by atoms with Crippen LogP contribution in [-0.2, 0) is 9.47 Å². The Bertz CT molecular complexity index is 906. The molecule has 0 N–H and O–H groups in total. The summed E-state index contributed by atoms with van der Waals surface area (Å²) in [5.74, 6) is 3.19. The summed E-state index contributed by atoms with van der Waals surface area (Å²) in [5, 5.41) is 1.06. The van der Waals surface area contributed by atoms with Crippen molar-refractivity contribution in [2.24, 2.45) is 5.92 Å². The Balaban J connectivity index is 1.70. The molecule has 0 aliphatic carbocycles. The number of ether oxygens (including phenoxy) is 3. The Morgan fingerprint density at radius 2 is 1.66 bits per heavy atom. The van der Waals surface area contributed by atoms with Crippen molar-refractivity contribution in [2.75, 3.05) is 13.2 Å². The Morgan fingerprint density at radius 3 is 2.31 bits per heavy atom. The Hall–Kier alpha value is -2.37. The summed E-state index contributed by atoms with van der Waals surface area (Å²) in [7, 11) is 0. The molecule has 0 amide bonds. The smallest absolute Gasteiger partial charge is 0.429 e. The van der Waals surface area contributed by atoms with Gasteiger partial charge in [0.05, 0.1) is 13.2 Å². The second-order valence-corrected chi connectivity index (χ2v) is 6.79. The van der Waals surface area contributed by atoms with Crippen molar-refractivity contribution in [1.82, 2.24) is 0 Å². The normalized spacial score (nSPS) is 20.2. The van der Waals surface area contributed by atoms with Gasteiger partial charge in [0.1, 0.15) is 5.75 Å². The largest absolute Gasteiger partial charge is 0.458 e. The molecule has 2 aromatic carbocycles. The van der Waals surface area contributed by atoms with Crippen LogP contribution in [0.2, 0.25) is 0 Å². The van der Waals surface area contributed by atoms with E-state index < -0.39 is 18.6 Å². The molecule has 0 bridgehead atoms. The van der Waals surface area contributed by atoms with Crippen molar-refractivity contribution >= 4 is 10.8 Å². The maximum absolute atomic E-state index is 14.4. The lowest BCUT2D eigenvalue weighted by molar-refractivity contribution is -0.351. The van der Waals surface area contributed by atoms with Gasteiger partial charge in [-0.15, -0.1) is 0 Å². The average molecular weight is 414 g/mol. The lowest BCUT2D eigenvalue weighted by Gasteiger charge is -2.33. The molecule has 1 aliphatic heterocycles. The zero-order chi connectivity index (χ0) is 21.1. The van der Waals surface area contributed by atoms with Crippen LogP contribution in [0.3, 0.4) is 0 Å². The van der Waals surface area contributed by atoms with E-state index in [0.717, 1.165) is 12.8 Å². The molecule has 0 aromatic heterocycles. The van der Waals surface area contributed by atoms with Crippen molar-refractivity contribution in [3.05, 3.63) is 42.0 Å². The van der Waals surface area contributed by atoms with E-state index in [2.05, 4.69) is 0 Å². The summed E-state index contributed by atoms with van der Waals surface area (Å²) in [6.07, 6.45) is -8.33. The average Bonchev–Trinajstić information content (AvgIpc) is 2.66. The summed E-state index contributed by atoms with van der Waals surface area (Å²) >= 11 is 0. The highest BCUT2D eigenvalue weighted by atomic mass is 19.4. The van der Waals surface area contributed by atoms with Crippen molar-refractivity contribution < 1.29 is 36.2 Å². The molecule has 0 radical (unpaired) electrons. The molecule has 0 atom stereocenters. The van der Waals surface area contributed by atoms with Crippen molar-refractivity contribution in [3.63, 3.8) is 0 Å². The van der Waals surface area contributed by atoms with E-state index in [4.69, 9.17) is 14.2 Å². The van der Waals surface area contributed by atoms with Crippen LogP contribution >= 0.6 is 0 Å². The van der Waals surface area contributed by atoms with Gasteiger partial charge in [0.15, 0.2) is 0 Å². The van der Waals surface area contributed by atoms with Crippen LogP contribution in [0.4, 0.5) is 22.0 Å². The highest BCUT2D eigenvalue weighted by molar-refractivity contribution is 5.85. The van der Waals surface area contributed by atoms with Crippen LogP contribution in [0.15, 0.2) is 36.4 Å². The summed E-state index contributed by atoms with van der Waals surface area (Å²) in [6, 6.07) is 8.46. The summed E-state index contributed by atoms with van der Waals surface area (Å²) in [4.78, 5) is 0. The second kappa shape index (κ2) is 8.56. The molecule has 0 unspecified atom stereocenters. The molecular formula is C21H19F5O3.